The SMILES string of the molecule is O=c1oc2cc(CO)cc(O)c2c(=O)c2c(O)cccc12. The number of rotatable bonds is 1. The van der Waals surface area contributed by atoms with Gasteiger partial charge in [-0.15, -0.1) is 0 Å². The van der Waals surface area contributed by atoms with Crippen molar-refractivity contribution in [3.05, 3.63) is 56.5 Å². The van der Waals surface area contributed by atoms with Crippen LogP contribution in [0.5, 0.6) is 11.5 Å². The van der Waals surface area contributed by atoms with Crippen LogP contribution < -0.4 is 11.1 Å². The monoisotopic (exact) mass is 286 g/mol. The summed E-state index contributed by atoms with van der Waals surface area (Å²) >= 11 is 0. The van der Waals surface area contributed by atoms with Crippen LogP contribution in [0, 0.1) is 0 Å². The maximum Gasteiger partial charge on any atom is 0.344 e. The van der Waals surface area contributed by atoms with Gasteiger partial charge in [0.15, 0.2) is 0 Å². The molecule has 6 nitrogen and oxygen atoms in total. The number of benzene rings is 2. The standard InChI is InChI=1S/C15H10O6/c16-6-7-4-10(18)13-11(5-7)21-15(20)8-2-1-3-9(17)12(8)14(13)19/h1-5,16-18H,6H2. The van der Waals surface area contributed by atoms with Crippen molar-refractivity contribution in [1.82, 2.24) is 0 Å². The molecule has 0 aliphatic rings. The van der Waals surface area contributed by atoms with Crippen molar-refractivity contribution < 1.29 is 19.7 Å². The largest absolute Gasteiger partial charge is 0.507 e. The molecule has 0 aliphatic carbocycles. The Hall–Kier alpha value is -2.86. The van der Waals surface area contributed by atoms with Gasteiger partial charge in [-0.2, -0.15) is 0 Å². The zero-order valence-corrected chi connectivity index (χ0v) is 10.7. The van der Waals surface area contributed by atoms with Gasteiger partial charge in [0, 0.05) is 0 Å². The van der Waals surface area contributed by atoms with Crippen LogP contribution in [-0.2, 0) is 6.61 Å². The Morgan fingerprint density at radius 2 is 1.76 bits per heavy atom. The lowest BCUT2D eigenvalue weighted by molar-refractivity contribution is 0.281. The van der Waals surface area contributed by atoms with Crippen molar-refractivity contribution in [3.63, 3.8) is 0 Å². The van der Waals surface area contributed by atoms with E-state index >= 15 is 0 Å². The fourth-order valence-corrected chi connectivity index (χ4v) is 2.28. The fraction of sp³-hybridized carbons (Fsp3) is 0.0667. The maximum absolute atomic E-state index is 12.5. The fourth-order valence-electron chi connectivity index (χ4n) is 2.28. The van der Waals surface area contributed by atoms with Crippen molar-refractivity contribution in [1.29, 1.82) is 0 Å². The van der Waals surface area contributed by atoms with E-state index in [1.807, 2.05) is 0 Å². The number of phenols is 2. The number of hydrogen-bond donors (Lipinski definition) is 3. The van der Waals surface area contributed by atoms with Crippen LogP contribution in [-0.4, -0.2) is 15.3 Å². The van der Waals surface area contributed by atoms with E-state index in [1.54, 1.807) is 0 Å². The van der Waals surface area contributed by atoms with E-state index in [0.717, 1.165) is 0 Å². The first-order valence-corrected chi connectivity index (χ1v) is 6.08. The van der Waals surface area contributed by atoms with Gasteiger partial charge in [0.2, 0.25) is 5.43 Å². The van der Waals surface area contributed by atoms with Crippen molar-refractivity contribution in [3.8, 4) is 11.5 Å². The molecule has 0 fully saturated rings. The maximum atomic E-state index is 12.5. The highest BCUT2D eigenvalue weighted by atomic mass is 16.4. The van der Waals surface area contributed by atoms with E-state index in [-0.39, 0.29) is 34.1 Å². The lowest BCUT2D eigenvalue weighted by Crippen LogP contribution is -2.01. The van der Waals surface area contributed by atoms with Crippen molar-refractivity contribution in [2.75, 3.05) is 0 Å². The second kappa shape index (κ2) is 4.60. The van der Waals surface area contributed by atoms with Crippen molar-refractivity contribution in [2.45, 2.75) is 6.61 Å². The number of phenolic OH excluding ortho intramolecular Hbond substituents is 2. The van der Waals surface area contributed by atoms with Crippen LogP contribution in [0.25, 0.3) is 21.7 Å². The van der Waals surface area contributed by atoms with Gasteiger partial charge in [0.05, 0.1) is 17.4 Å². The number of hydrogen-bond acceptors (Lipinski definition) is 6. The highest BCUT2D eigenvalue weighted by Gasteiger charge is 2.15. The molecule has 0 bridgehead atoms. The molecule has 0 saturated heterocycles. The summed E-state index contributed by atoms with van der Waals surface area (Å²) in [6.45, 7) is -0.384. The Kier molecular flexibility index (Phi) is 2.88. The van der Waals surface area contributed by atoms with Crippen molar-refractivity contribution in [2.24, 2.45) is 0 Å². The van der Waals surface area contributed by atoms with Crippen molar-refractivity contribution >= 4 is 21.7 Å². The summed E-state index contributed by atoms with van der Waals surface area (Å²) in [4.78, 5) is 24.5. The Bertz CT molecular complexity index is 987. The van der Waals surface area contributed by atoms with Gasteiger partial charge in [-0.25, -0.2) is 4.79 Å². The van der Waals surface area contributed by atoms with E-state index < -0.39 is 16.8 Å². The second-order valence-electron chi connectivity index (χ2n) is 4.56. The van der Waals surface area contributed by atoms with Gasteiger partial charge in [-0.1, -0.05) is 6.07 Å². The van der Waals surface area contributed by atoms with Gasteiger partial charge in [0.1, 0.15) is 22.5 Å². The topological polar surface area (TPSA) is 108 Å². The van der Waals surface area contributed by atoms with Crippen LogP contribution in [0.4, 0.5) is 0 Å². The van der Waals surface area contributed by atoms with E-state index in [4.69, 9.17) is 9.52 Å². The first-order chi connectivity index (χ1) is 10.0. The Balaban J connectivity index is 2.72. The Morgan fingerprint density at radius 3 is 2.48 bits per heavy atom. The average molecular weight is 286 g/mol. The average Bonchev–Trinajstić information content (AvgIpc) is 2.55. The molecule has 0 aliphatic heterocycles. The summed E-state index contributed by atoms with van der Waals surface area (Å²) in [6.07, 6.45) is 0. The van der Waals surface area contributed by atoms with Crippen LogP contribution in [0.15, 0.2) is 44.3 Å². The van der Waals surface area contributed by atoms with Crippen LogP contribution in [0.1, 0.15) is 5.56 Å². The third-order valence-electron chi connectivity index (χ3n) is 3.24. The molecule has 0 spiro atoms. The minimum atomic E-state index is -0.817. The molecule has 106 valence electrons. The normalized spacial score (nSPS) is 11.1. The third-order valence-corrected chi connectivity index (χ3v) is 3.24. The first-order valence-electron chi connectivity index (χ1n) is 6.08. The highest BCUT2D eigenvalue weighted by molar-refractivity contribution is 5.95. The van der Waals surface area contributed by atoms with Crippen LogP contribution in [0.3, 0.4) is 0 Å². The minimum Gasteiger partial charge on any atom is -0.507 e. The van der Waals surface area contributed by atoms with Gasteiger partial charge in [0.25, 0.3) is 0 Å². The number of aromatic hydroxyl groups is 2. The molecule has 3 rings (SSSR count). The molecule has 3 N–H and O–H groups in total. The molecule has 1 aromatic heterocycles. The smallest absolute Gasteiger partial charge is 0.344 e. The molecule has 0 saturated carbocycles. The number of fused-ring (bicyclic) bond motifs is 2. The lowest BCUT2D eigenvalue weighted by Gasteiger charge is -1.99. The summed E-state index contributed by atoms with van der Waals surface area (Å²) in [5.41, 5.74) is -1.39. The lowest BCUT2D eigenvalue weighted by atomic mass is 10.1. The summed E-state index contributed by atoms with van der Waals surface area (Å²) in [5, 5.41) is 28.4. The molecule has 6 heteroatoms. The molecular formula is C15H10O6. The quantitative estimate of drug-likeness (QED) is 0.620. The van der Waals surface area contributed by atoms with Crippen LogP contribution >= 0.6 is 0 Å². The number of aliphatic hydroxyl groups excluding tert-OH is 1. The molecule has 21 heavy (non-hydrogen) atoms. The molecule has 0 amide bonds. The summed E-state index contributed by atoms with van der Waals surface area (Å²) < 4.78 is 5.09. The molecule has 3 aromatic rings. The summed E-state index contributed by atoms with van der Waals surface area (Å²) in [7, 11) is 0. The summed E-state index contributed by atoms with van der Waals surface area (Å²) in [6, 6.07) is 6.54. The van der Waals surface area contributed by atoms with E-state index in [0.29, 0.717) is 5.56 Å². The molecule has 0 atom stereocenters. The van der Waals surface area contributed by atoms with Gasteiger partial charge in [-0.3, -0.25) is 4.79 Å². The van der Waals surface area contributed by atoms with E-state index in [2.05, 4.69) is 0 Å². The Morgan fingerprint density at radius 1 is 1.00 bits per heavy atom. The first kappa shape index (κ1) is 13.1. The second-order valence-corrected chi connectivity index (χ2v) is 4.56. The Labute approximate surface area is 117 Å². The molecule has 0 unspecified atom stereocenters. The zero-order chi connectivity index (χ0) is 15.1. The predicted octanol–water partition coefficient (Wildman–Crippen LogP) is 1.21. The van der Waals surface area contributed by atoms with Crippen LogP contribution in [0.2, 0.25) is 0 Å². The predicted molar refractivity (Wildman–Crippen MR) is 75.5 cm³/mol. The minimum absolute atomic E-state index is 0.0823. The summed E-state index contributed by atoms with van der Waals surface area (Å²) in [5.74, 6) is -0.793. The molecule has 0 radical (unpaired) electrons. The van der Waals surface area contributed by atoms with E-state index in [9.17, 15) is 19.8 Å². The molecule has 2 aromatic carbocycles. The zero-order valence-electron chi connectivity index (χ0n) is 10.7. The van der Waals surface area contributed by atoms with Gasteiger partial charge < -0.3 is 19.7 Å². The van der Waals surface area contributed by atoms with E-state index in [1.165, 1.54) is 30.3 Å². The highest BCUT2D eigenvalue weighted by Crippen LogP contribution is 2.26. The molecular weight excluding hydrogens is 276 g/mol. The number of aliphatic hydroxyl groups is 1. The molecule has 1 heterocycles. The van der Waals surface area contributed by atoms with Gasteiger partial charge in [-0.05, 0) is 29.8 Å². The third kappa shape index (κ3) is 1.93. The van der Waals surface area contributed by atoms with Gasteiger partial charge >= 0.3 is 5.63 Å².